The number of amides is 1. The minimum Gasteiger partial charge on any atom is -0.491 e. The summed E-state index contributed by atoms with van der Waals surface area (Å²) >= 11 is 0. The van der Waals surface area contributed by atoms with E-state index in [9.17, 15) is 4.79 Å². The molecule has 1 atom stereocenters. The van der Waals surface area contributed by atoms with Crippen LogP contribution in [0.15, 0.2) is 29.3 Å². The lowest BCUT2D eigenvalue weighted by Crippen LogP contribution is -2.55. The van der Waals surface area contributed by atoms with Crippen molar-refractivity contribution in [1.29, 1.82) is 0 Å². The molecule has 0 spiro atoms. The van der Waals surface area contributed by atoms with Gasteiger partial charge < -0.3 is 24.6 Å². The van der Waals surface area contributed by atoms with Crippen LogP contribution in [-0.4, -0.2) is 73.7 Å². The molecule has 2 saturated heterocycles. The third-order valence-corrected chi connectivity index (χ3v) is 5.03. The number of halogens is 1. The molecule has 0 radical (unpaired) electrons. The van der Waals surface area contributed by atoms with E-state index < -0.39 is 0 Å². The molecule has 162 valence electrons. The van der Waals surface area contributed by atoms with Crippen molar-refractivity contribution in [3.8, 4) is 5.75 Å². The third kappa shape index (κ3) is 6.74. The molecule has 0 aromatic heterocycles. The average molecular weight is 516 g/mol. The Bertz CT molecular complexity index is 684. The highest BCUT2D eigenvalue weighted by atomic mass is 127. The zero-order valence-electron chi connectivity index (χ0n) is 17.6. The third-order valence-electron chi connectivity index (χ3n) is 5.03. The van der Waals surface area contributed by atoms with Gasteiger partial charge in [-0.2, -0.15) is 0 Å². The maximum atomic E-state index is 12.5. The molecule has 1 unspecified atom stereocenters. The van der Waals surface area contributed by atoms with Gasteiger partial charge in [-0.05, 0) is 44.4 Å². The zero-order valence-corrected chi connectivity index (χ0v) is 19.9. The summed E-state index contributed by atoms with van der Waals surface area (Å²) in [7, 11) is 1.80. The molecule has 0 bridgehead atoms. The van der Waals surface area contributed by atoms with Gasteiger partial charge in [0.25, 0.3) is 5.91 Å². The molecule has 0 saturated carbocycles. The van der Waals surface area contributed by atoms with Crippen LogP contribution in [-0.2, 0) is 16.1 Å². The molecule has 2 fully saturated rings. The number of aliphatic imine (C=N–C) groups is 1. The van der Waals surface area contributed by atoms with E-state index in [1.54, 1.807) is 7.05 Å². The van der Waals surface area contributed by atoms with Crippen molar-refractivity contribution in [1.82, 2.24) is 15.1 Å². The molecule has 1 N–H and O–H groups in total. The molecule has 7 nitrogen and oxygen atoms in total. The largest absolute Gasteiger partial charge is 0.491 e. The Morgan fingerprint density at radius 1 is 1.28 bits per heavy atom. The lowest BCUT2D eigenvalue weighted by atomic mass is 10.2. The number of ether oxygens (including phenoxy) is 2. The molecule has 1 amide bonds. The van der Waals surface area contributed by atoms with E-state index in [-0.39, 0.29) is 42.1 Å². The Morgan fingerprint density at radius 2 is 2.00 bits per heavy atom. The van der Waals surface area contributed by atoms with Crippen LogP contribution >= 0.6 is 24.0 Å². The molecule has 2 heterocycles. The molecular weight excluding hydrogens is 483 g/mol. The van der Waals surface area contributed by atoms with Crippen LogP contribution < -0.4 is 10.1 Å². The molecular formula is C21H33IN4O3. The van der Waals surface area contributed by atoms with E-state index in [1.807, 2.05) is 30.9 Å². The Kier molecular flexibility index (Phi) is 9.48. The zero-order chi connectivity index (χ0) is 19.9. The Balaban J connectivity index is 0.00000300. The van der Waals surface area contributed by atoms with Crippen molar-refractivity contribution < 1.29 is 14.3 Å². The van der Waals surface area contributed by atoms with Gasteiger partial charge in [0, 0.05) is 46.4 Å². The van der Waals surface area contributed by atoms with Gasteiger partial charge in [-0.3, -0.25) is 9.79 Å². The quantitative estimate of drug-likeness (QED) is 0.370. The van der Waals surface area contributed by atoms with Crippen molar-refractivity contribution in [2.24, 2.45) is 4.99 Å². The van der Waals surface area contributed by atoms with E-state index in [0.717, 1.165) is 43.2 Å². The van der Waals surface area contributed by atoms with Crippen LogP contribution in [0.5, 0.6) is 5.75 Å². The van der Waals surface area contributed by atoms with Crippen molar-refractivity contribution in [3.05, 3.63) is 29.8 Å². The first-order valence-electron chi connectivity index (χ1n) is 10.2. The molecule has 0 aliphatic carbocycles. The van der Waals surface area contributed by atoms with E-state index in [2.05, 4.69) is 27.3 Å². The van der Waals surface area contributed by atoms with Crippen LogP contribution in [0.2, 0.25) is 0 Å². The SMILES string of the molecule is CN=C(NCc1cccc(OC(C)C)c1)N1CCN(C(=O)C2CCCO2)CC1.I. The maximum Gasteiger partial charge on any atom is 0.251 e. The van der Waals surface area contributed by atoms with E-state index >= 15 is 0 Å². The second-order valence-corrected chi connectivity index (χ2v) is 7.53. The summed E-state index contributed by atoms with van der Waals surface area (Å²) in [6, 6.07) is 8.11. The summed E-state index contributed by atoms with van der Waals surface area (Å²) in [6.45, 7) is 8.39. The minimum absolute atomic E-state index is 0. The fraction of sp³-hybridized carbons (Fsp3) is 0.619. The van der Waals surface area contributed by atoms with Crippen LogP contribution in [0, 0.1) is 0 Å². The van der Waals surface area contributed by atoms with Crippen molar-refractivity contribution >= 4 is 35.8 Å². The maximum absolute atomic E-state index is 12.5. The Morgan fingerprint density at radius 3 is 2.62 bits per heavy atom. The van der Waals surface area contributed by atoms with Gasteiger partial charge in [-0.25, -0.2) is 0 Å². The van der Waals surface area contributed by atoms with Gasteiger partial charge >= 0.3 is 0 Å². The lowest BCUT2D eigenvalue weighted by Gasteiger charge is -2.37. The fourth-order valence-corrected chi connectivity index (χ4v) is 3.63. The number of hydrogen-bond acceptors (Lipinski definition) is 4. The molecule has 2 aliphatic rings. The first-order valence-corrected chi connectivity index (χ1v) is 10.2. The van der Waals surface area contributed by atoms with Crippen molar-refractivity contribution in [2.75, 3.05) is 39.8 Å². The molecule has 1 aromatic rings. The van der Waals surface area contributed by atoms with Crippen LogP contribution in [0.25, 0.3) is 0 Å². The first kappa shape index (κ1) is 23.7. The second kappa shape index (κ2) is 11.6. The van der Waals surface area contributed by atoms with Crippen LogP contribution in [0.4, 0.5) is 0 Å². The highest BCUT2D eigenvalue weighted by molar-refractivity contribution is 14.0. The minimum atomic E-state index is -0.232. The predicted octanol–water partition coefficient (Wildman–Crippen LogP) is 2.49. The molecule has 8 heteroatoms. The highest BCUT2D eigenvalue weighted by Crippen LogP contribution is 2.17. The Hall–Kier alpha value is -1.55. The topological polar surface area (TPSA) is 66.4 Å². The number of hydrogen-bond donors (Lipinski definition) is 1. The van der Waals surface area contributed by atoms with Crippen molar-refractivity contribution in [3.63, 3.8) is 0 Å². The summed E-state index contributed by atoms with van der Waals surface area (Å²) in [5, 5.41) is 3.43. The molecule has 29 heavy (non-hydrogen) atoms. The summed E-state index contributed by atoms with van der Waals surface area (Å²) in [5.74, 6) is 1.88. The molecule has 3 rings (SSSR count). The number of carbonyl (C=O) groups excluding carboxylic acids is 1. The first-order chi connectivity index (χ1) is 13.6. The van der Waals surface area contributed by atoms with Gasteiger partial charge in [-0.1, -0.05) is 12.1 Å². The lowest BCUT2D eigenvalue weighted by molar-refractivity contribution is -0.142. The van der Waals surface area contributed by atoms with E-state index in [1.165, 1.54) is 0 Å². The monoisotopic (exact) mass is 516 g/mol. The van der Waals surface area contributed by atoms with Crippen molar-refractivity contribution in [2.45, 2.75) is 45.4 Å². The number of nitrogens with one attached hydrogen (secondary N) is 1. The van der Waals surface area contributed by atoms with E-state index in [4.69, 9.17) is 9.47 Å². The summed E-state index contributed by atoms with van der Waals surface area (Å²) in [5.41, 5.74) is 1.14. The smallest absolute Gasteiger partial charge is 0.251 e. The molecule has 2 aliphatic heterocycles. The number of rotatable bonds is 5. The highest BCUT2D eigenvalue weighted by Gasteiger charge is 2.30. The Labute approximate surface area is 190 Å². The second-order valence-electron chi connectivity index (χ2n) is 7.53. The van der Waals surface area contributed by atoms with Gasteiger partial charge in [0.2, 0.25) is 0 Å². The summed E-state index contributed by atoms with van der Waals surface area (Å²) in [6.07, 6.45) is 1.76. The van der Waals surface area contributed by atoms with Crippen LogP contribution in [0.1, 0.15) is 32.3 Å². The van der Waals surface area contributed by atoms with E-state index in [0.29, 0.717) is 26.2 Å². The fourth-order valence-electron chi connectivity index (χ4n) is 3.63. The van der Waals surface area contributed by atoms with Crippen LogP contribution in [0.3, 0.4) is 0 Å². The number of piperazine rings is 1. The van der Waals surface area contributed by atoms with Gasteiger partial charge in [0.1, 0.15) is 11.9 Å². The number of carbonyl (C=O) groups is 1. The summed E-state index contributed by atoms with van der Waals surface area (Å²) in [4.78, 5) is 21.0. The molecule has 1 aromatic carbocycles. The number of nitrogens with zero attached hydrogens (tertiary/aromatic N) is 3. The average Bonchev–Trinajstić information content (AvgIpc) is 3.23. The standard InChI is InChI=1S/C21H32N4O3.HI/c1-16(2)28-18-7-4-6-17(14-18)15-23-21(22-3)25-11-9-24(10-12-25)20(26)19-8-5-13-27-19;/h4,6-7,14,16,19H,5,8-13,15H2,1-3H3,(H,22,23);1H. The predicted molar refractivity (Wildman–Crippen MR) is 125 cm³/mol. The summed E-state index contributed by atoms with van der Waals surface area (Å²) < 4.78 is 11.3. The number of guanidine groups is 1. The van der Waals surface area contributed by atoms with Gasteiger partial charge in [0.05, 0.1) is 6.10 Å². The number of benzene rings is 1. The normalized spacial score (nSPS) is 19.9. The van der Waals surface area contributed by atoms with Gasteiger partial charge in [-0.15, -0.1) is 24.0 Å². The van der Waals surface area contributed by atoms with Gasteiger partial charge in [0.15, 0.2) is 5.96 Å².